The molecule has 92 valence electrons. The molecule has 0 saturated carbocycles. The molecule has 17 heavy (non-hydrogen) atoms. The maximum Gasteiger partial charge on any atom is 0.264 e. The van der Waals surface area contributed by atoms with Crippen LogP contribution in [0.3, 0.4) is 0 Å². The molecule has 0 fully saturated rings. The maximum absolute atomic E-state index is 10.7. The zero-order chi connectivity index (χ0) is 12.7. The van der Waals surface area contributed by atoms with E-state index in [-0.39, 0.29) is 6.61 Å². The summed E-state index contributed by atoms with van der Waals surface area (Å²) in [5.74, 6) is 3.13. The summed E-state index contributed by atoms with van der Waals surface area (Å²) in [5.41, 5.74) is 0.677. The fourth-order valence-corrected chi connectivity index (χ4v) is 1.58. The number of ether oxygens (including phenoxy) is 1. The van der Waals surface area contributed by atoms with Crippen molar-refractivity contribution in [2.45, 2.75) is 6.42 Å². The van der Waals surface area contributed by atoms with Gasteiger partial charge in [0.1, 0.15) is 5.75 Å². The van der Waals surface area contributed by atoms with Crippen molar-refractivity contribution in [3.8, 4) is 18.1 Å². The van der Waals surface area contributed by atoms with Gasteiger partial charge in [-0.2, -0.15) is 8.42 Å². The third-order valence-corrected chi connectivity index (χ3v) is 2.48. The van der Waals surface area contributed by atoms with Gasteiger partial charge in [-0.25, -0.2) is 0 Å². The summed E-state index contributed by atoms with van der Waals surface area (Å²) in [6.45, 7) is 0.464. The lowest BCUT2D eigenvalue weighted by Gasteiger charge is -2.07. The summed E-state index contributed by atoms with van der Waals surface area (Å²) in [7, 11) is -3.37. The predicted molar refractivity (Wildman–Crippen MR) is 65.3 cm³/mol. The highest BCUT2D eigenvalue weighted by Gasteiger charge is 2.02. The average molecular weight is 254 g/mol. The Morgan fingerprint density at radius 1 is 1.29 bits per heavy atom. The molecule has 1 aromatic carbocycles. The third-order valence-electron chi connectivity index (χ3n) is 1.89. The molecule has 5 heteroatoms. The molecule has 0 atom stereocenters. The molecule has 0 spiro atoms. The molecular formula is C12H14O4S. The first-order valence-corrected chi connectivity index (χ1v) is 6.87. The van der Waals surface area contributed by atoms with E-state index in [4.69, 9.17) is 11.2 Å². The Hall–Kier alpha value is -1.51. The molecule has 0 saturated heterocycles. The van der Waals surface area contributed by atoms with Gasteiger partial charge in [0.2, 0.25) is 0 Å². The van der Waals surface area contributed by atoms with Gasteiger partial charge in [-0.1, -0.05) is 18.1 Å². The van der Waals surface area contributed by atoms with Gasteiger partial charge in [-0.05, 0) is 12.1 Å². The molecule has 4 nitrogen and oxygen atoms in total. The topological polar surface area (TPSA) is 52.6 Å². The minimum absolute atomic E-state index is 0.108. The number of para-hydroxylation sites is 1. The van der Waals surface area contributed by atoms with Crippen molar-refractivity contribution in [3.05, 3.63) is 29.8 Å². The smallest absolute Gasteiger partial charge is 0.264 e. The summed E-state index contributed by atoms with van der Waals surface area (Å²) in [5, 5.41) is 0. The molecule has 0 bridgehead atoms. The van der Waals surface area contributed by atoms with Crippen LogP contribution in [0.2, 0.25) is 0 Å². The largest absolute Gasteiger partial charge is 0.492 e. The van der Waals surface area contributed by atoms with Gasteiger partial charge >= 0.3 is 0 Å². The lowest BCUT2D eigenvalue weighted by Crippen LogP contribution is -2.08. The minimum Gasteiger partial charge on any atom is -0.492 e. The fraction of sp³-hybridized carbons (Fsp3) is 0.333. The lowest BCUT2D eigenvalue weighted by atomic mass is 10.2. The van der Waals surface area contributed by atoms with Crippen LogP contribution in [0.15, 0.2) is 24.3 Å². The second kappa shape index (κ2) is 6.28. The SMILES string of the molecule is C#Cc1ccccc1OCCCOS(C)(=O)=O. The summed E-state index contributed by atoms with van der Waals surface area (Å²) < 4.78 is 31.4. The molecule has 1 rings (SSSR count). The molecule has 0 N–H and O–H groups in total. The van der Waals surface area contributed by atoms with E-state index in [1.54, 1.807) is 12.1 Å². The Labute approximate surface area is 102 Å². The Morgan fingerprint density at radius 3 is 2.65 bits per heavy atom. The zero-order valence-corrected chi connectivity index (χ0v) is 10.4. The fourth-order valence-electron chi connectivity index (χ4n) is 1.16. The van der Waals surface area contributed by atoms with Gasteiger partial charge in [0.25, 0.3) is 10.1 Å². The summed E-state index contributed by atoms with van der Waals surface area (Å²) in [6.07, 6.45) is 6.80. The number of benzene rings is 1. The van der Waals surface area contributed by atoms with Gasteiger partial charge in [-0.3, -0.25) is 4.18 Å². The van der Waals surface area contributed by atoms with E-state index in [1.807, 2.05) is 12.1 Å². The van der Waals surface area contributed by atoms with E-state index in [0.29, 0.717) is 24.3 Å². The van der Waals surface area contributed by atoms with Gasteiger partial charge in [0.05, 0.1) is 25.0 Å². The molecule has 0 unspecified atom stereocenters. The van der Waals surface area contributed by atoms with E-state index in [9.17, 15) is 8.42 Å². The third kappa shape index (κ3) is 5.38. The van der Waals surface area contributed by atoms with Crippen molar-refractivity contribution >= 4 is 10.1 Å². The van der Waals surface area contributed by atoms with E-state index < -0.39 is 10.1 Å². The molecule has 0 aliphatic heterocycles. The molecule has 0 amide bonds. The molecule has 0 heterocycles. The number of rotatable bonds is 6. The summed E-state index contributed by atoms with van der Waals surface area (Å²) in [4.78, 5) is 0. The first kappa shape index (κ1) is 13.6. The normalized spacial score (nSPS) is 10.8. The minimum atomic E-state index is -3.37. The highest BCUT2D eigenvalue weighted by molar-refractivity contribution is 7.85. The van der Waals surface area contributed by atoms with E-state index in [0.717, 1.165) is 6.26 Å². The van der Waals surface area contributed by atoms with Crippen molar-refractivity contribution in [1.82, 2.24) is 0 Å². The highest BCUT2D eigenvalue weighted by atomic mass is 32.2. The first-order chi connectivity index (χ1) is 8.03. The van der Waals surface area contributed by atoms with E-state index in [2.05, 4.69) is 10.1 Å². The highest BCUT2D eigenvalue weighted by Crippen LogP contribution is 2.16. The Balaban J connectivity index is 2.34. The van der Waals surface area contributed by atoms with Gasteiger partial charge in [0.15, 0.2) is 0 Å². The Morgan fingerprint density at radius 2 is 2.00 bits per heavy atom. The quantitative estimate of drug-likeness (QED) is 0.437. The van der Waals surface area contributed by atoms with Crippen molar-refractivity contribution in [2.24, 2.45) is 0 Å². The van der Waals surface area contributed by atoms with Crippen LogP contribution >= 0.6 is 0 Å². The second-order valence-corrected chi connectivity index (χ2v) is 5.01. The van der Waals surface area contributed by atoms with Crippen LogP contribution in [0, 0.1) is 12.3 Å². The first-order valence-electron chi connectivity index (χ1n) is 5.06. The molecule has 0 radical (unpaired) electrons. The van der Waals surface area contributed by atoms with Crippen LogP contribution in [-0.2, 0) is 14.3 Å². The van der Waals surface area contributed by atoms with Crippen molar-refractivity contribution in [1.29, 1.82) is 0 Å². The average Bonchev–Trinajstić information content (AvgIpc) is 2.27. The summed E-state index contributed by atoms with van der Waals surface area (Å²) in [6, 6.07) is 7.20. The van der Waals surface area contributed by atoms with Crippen LogP contribution in [-0.4, -0.2) is 27.9 Å². The Kier molecular flexibility index (Phi) is 5.01. The summed E-state index contributed by atoms with van der Waals surface area (Å²) >= 11 is 0. The van der Waals surface area contributed by atoms with Crippen LogP contribution in [0.25, 0.3) is 0 Å². The van der Waals surface area contributed by atoms with Crippen LogP contribution in [0.4, 0.5) is 0 Å². The van der Waals surface area contributed by atoms with Crippen LogP contribution in [0.1, 0.15) is 12.0 Å². The maximum atomic E-state index is 10.7. The molecule has 0 aliphatic carbocycles. The van der Waals surface area contributed by atoms with Gasteiger partial charge < -0.3 is 4.74 Å². The van der Waals surface area contributed by atoms with Gasteiger partial charge in [-0.15, -0.1) is 6.42 Å². The monoisotopic (exact) mass is 254 g/mol. The standard InChI is InChI=1S/C12H14O4S/c1-3-11-7-4-5-8-12(11)15-9-6-10-16-17(2,13)14/h1,4-5,7-8H,6,9-10H2,2H3. The number of terminal acetylenes is 1. The van der Waals surface area contributed by atoms with Crippen molar-refractivity contribution in [3.63, 3.8) is 0 Å². The zero-order valence-electron chi connectivity index (χ0n) is 9.55. The molecular weight excluding hydrogens is 240 g/mol. The second-order valence-electron chi connectivity index (χ2n) is 3.37. The Bertz CT molecular complexity index is 499. The van der Waals surface area contributed by atoms with Crippen LogP contribution in [0.5, 0.6) is 5.75 Å². The van der Waals surface area contributed by atoms with Crippen molar-refractivity contribution < 1.29 is 17.3 Å². The molecule has 0 aliphatic rings. The molecule has 0 aromatic heterocycles. The lowest BCUT2D eigenvalue weighted by molar-refractivity contribution is 0.251. The van der Waals surface area contributed by atoms with E-state index in [1.165, 1.54) is 0 Å². The van der Waals surface area contributed by atoms with Gasteiger partial charge in [0, 0.05) is 6.42 Å². The van der Waals surface area contributed by atoms with E-state index >= 15 is 0 Å². The number of hydrogen-bond acceptors (Lipinski definition) is 4. The van der Waals surface area contributed by atoms with Crippen molar-refractivity contribution in [2.75, 3.05) is 19.5 Å². The molecule has 1 aromatic rings. The predicted octanol–water partition coefficient (Wildman–Crippen LogP) is 1.41. The number of hydrogen-bond donors (Lipinski definition) is 0. The van der Waals surface area contributed by atoms with Crippen LogP contribution < -0.4 is 4.74 Å².